The van der Waals surface area contributed by atoms with E-state index >= 15 is 0 Å². The summed E-state index contributed by atoms with van der Waals surface area (Å²) in [6, 6.07) is 14.9. The smallest absolute Gasteiger partial charge is 0.257 e. The third kappa shape index (κ3) is 5.90. The van der Waals surface area contributed by atoms with Gasteiger partial charge in [-0.25, -0.2) is 0 Å². The molecule has 0 aromatic heterocycles. The van der Waals surface area contributed by atoms with E-state index in [9.17, 15) is 14.4 Å². The topological polar surface area (TPSA) is 99.8 Å². The van der Waals surface area contributed by atoms with Gasteiger partial charge in [0.2, 0.25) is 11.8 Å². The van der Waals surface area contributed by atoms with E-state index in [0.29, 0.717) is 6.54 Å². The van der Waals surface area contributed by atoms with Crippen molar-refractivity contribution >= 4 is 40.9 Å². The molecule has 0 bridgehead atoms. The van der Waals surface area contributed by atoms with Crippen LogP contribution >= 0.6 is 11.8 Å². The average Bonchev–Trinajstić information content (AvgIpc) is 2.79. The molecule has 0 atom stereocenters. The number of amides is 3. The number of rotatable bonds is 7. The number of thioether (sulfide) groups is 1. The van der Waals surface area contributed by atoms with Crippen molar-refractivity contribution in [1.29, 1.82) is 0 Å². The summed E-state index contributed by atoms with van der Waals surface area (Å²) >= 11 is 1.72. The SMILES string of the molecule is COc1ccc(NCC(=O)NNC(=O)CCC(=O)N2CCSc3ccccc32)cc1. The Kier molecular flexibility index (Phi) is 7.56. The van der Waals surface area contributed by atoms with Gasteiger partial charge in [0.05, 0.1) is 19.3 Å². The van der Waals surface area contributed by atoms with Crippen molar-refractivity contribution in [2.75, 3.05) is 36.2 Å². The van der Waals surface area contributed by atoms with E-state index < -0.39 is 11.8 Å². The minimum atomic E-state index is -0.416. The molecule has 0 unspecified atom stereocenters. The molecular formula is C21H24N4O4S. The Morgan fingerprint density at radius 2 is 1.73 bits per heavy atom. The maximum absolute atomic E-state index is 12.5. The zero-order chi connectivity index (χ0) is 21.3. The highest BCUT2D eigenvalue weighted by Gasteiger charge is 2.22. The molecule has 3 amide bonds. The predicted molar refractivity (Wildman–Crippen MR) is 117 cm³/mol. The van der Waals surface area contributed by atoms with E-state index in [0.717, 1.165) is 27.8 Å². The minimum absolute atomic E-state index is 0.00314. The predicted octanol–water partition coefficient (Wildman–Crippen LogP) is 2.17. The average molecular weight is 429 g/mol. The summed E-state index contributed by atoms with van der Waals surface area (Å²) in [4.78, 5) is 39.2. The fraction of sp³-hybridized carbons (Fsp3) is 0.286. The number of ether oxygens (including phenoxy) is 1. The summed E-state index contributed by atoms with van der Waals surface area (Å²) in [6.07, 6.45) is 0.0711. The van der Waals surface area contributed by atoms with Crippen LogP contribution < -0.4 is 25.8 Å². The van der Waals surface area contributed by atoms with Crippen molar-refractivity contribution in [2.24, 2.45) is 0 Å². The number of anilines is 2. The Balaban J connectivity index is 1.37. The van der Waals surface area contributed by atoms with Gasteiger partial charge in [0.25, 0.3) is 5.91 Å². The van der Waals surface area contributed by atoms with E-state index in [1.165, 1.54) is 0 Å². The summed E-state index contributed by atoms with van der Waals surface area (Å²) in [5.74, 6) is 0.629. The normalized spacial score (nSPS) is 12.5. The molecule has 2 aromatic rings. The van der Waals surface area contributed by atoms with Gasteiger partial charge in [-0.1, -0.05) is 12.1 Å². The first-order valence-electron chi connectivity index (χ1n) is 9.54. The number of fused-ring (bicyclic) bond motifs is 1. The van der Waals surface area contributed by atoms with Crippen molar-refractivity contribution in [1.82, 2.24) is 10.9 Å². The number of nitrogens with one attached hydrogen (secondary N) is 3. The molecule has 3 N–H and O–H groups in total. The molecule has 0 saturated carbocycles. The molecule has 1 aliphatic rings. The van der Waals surface area contributed by atoms with Crippen molar-refractivity contribution in [3.05, 3.63) is 48.5 Å². The van der Waals surface area contributed by atoms with Gasteiger partial charge in [0.15, 0.2) is 0 Å². The van der Waals surface area contributed by atoms with Crippen LogP contribution in [-0.2, 0) is 14.4 Å². The summed E-state index contributed by atoms with van der Waals surface area (Å²) in [6.45, 7) is 0.615. The second-order valence-corrected chi connectivity index (χ2v) is 7.68. The zero-order valence-electron chi connectivity index (χ0n) is 16.6. The molecule has 0 radical (unpaired) electrons. The fourth-order valence-corrected chi connectivity index (χ4v) is 3.92. The lowest BCUT2D eigenvalue weighted by molar-refractivity contribution is -0.129. The number of benzene rings is 2. The first-order valence-corrected chi connectivity index (χ1v) is 10.5. The van der Waals surface area contributed by atoms with Crippen LogP contribution in [0.2, 0.25) is 0 Å². The van der Waals surface area contributed by atoms with Crippen molar-refractivity contribution < 1.29 is 19.1 Å². The molecule has 0 spiro atoms. The third-order valence-corrected chi connectivity index (χ3v) is 5.52. The van der Waals surface area contributed by atoms with E-state index in [1.807, 2.05) is 24.3 Å². The van der Waals surface area contributed by atoms with Gasteiger partial charge in [-0.15, -0.1) is 11.8 Å². The Bertz CT molecular complexity index is 904. The van der Waals surface area contributed by atoms with Crippen LogP contribution in [0.5, 0.6) is 5.75 Å². The number of para-hydroxylation sites is 1. The lowest BCUT2D eigenvalue weighted by Gasteiger charge is -2.29. The molecule has 0 aliphatic carbocycles. The number of hydrogen-bond donors (Lipinski definition) is 3. The minimum Gasteiger partial charge on any atom is -0.497 e. The summed E-state index contributed by atoms with van der Waals surface area (Å²) < 4.78 is 5.07. The van der Waals surface area contributed by atoms with Gasteiger partial charge in [0.1, 0.15) is 5.75 Å². The highest BCUT2D eigenvalue weighted by Crippen LogP contribution is 2.34. The maximum atomic E-state index is 12.5. The lowest BCUT2D eigenvalue weighted by Crippen LogP contribution is -2.44. The summed E-state index contributed by atoms with van der Waals surface area (Å²) in [5, 5.41) is 2.94. The fourth-order valence-electron chi connectivity index (χ4n) is 2.92. The van der Waals surface area contributed by atoms with Crippen LogP contribution in [0.25, 0.3) is 0 Å². The van der Waals surface area contributed by atoms with Crippen LogP contribution in [0, 0.1) is 0 Å². The summed E-state index contributed by atoms with van der Waals surface area (Å²) in [7, 11) is 1.58. The van der Waals surface area contributed by atoms with Gasteiger partial charge in [0, 0.05) is 35.7 Å². The van der Waals surface area contributed by atoms with Gasteiger partial charge in [-0.2, -0.15) is 0 Å². The van der Waals surface area contributed by atoms with Crippen LogP contribution in [0.1, 0.15) is 12.8 Å². The van der Waals surface area contributed by atoms with Crippen LogP contribution in [0.4, 0.5) is 11.4 Å². The Morgan fingerprint density at radius 3 is 2.50 bits per heavy atom. The van der Waals surface area contributed by atoms with Gasteiger partial charge in [-0.05, 0) is 36.4 Å². The number of carbonyl (C=O) groups excluding carboxylic acids is 3. The highest BCUT2D eigenvalue weighted by molar-refractivity contribution is 7.99. The largest absolute Gasteiger partial charge is 0.497 e. The Labute approximate surface area is 179 Å². The zero-order valence-corrected chi connectivity index (χ0v) is 17.5. The maximum Gasteiger partial charge on any atom is 0.257 e. The van der Waals surface area contributed by atoms with Crippen LogP contribution in [0.3, 0.4) is 0 Å². The van der Waals surface area contributed by atoms with E-state index in [1.54, 1.807) is 48.0 Å². The second-order valence-electron chi connectivity index (χ2n) is 6.54. The van der Waals surface area contributed by atoms with Crippen LogP contribution in [-0.4, -0.2) is 43.7 Å². The van der Waals surface area contributed by atoms with Crippen molar-refractivity contribution in [2.45, 2.75) is 17.7 Å². The molecule has 30 heavy (non-hydrogen) atoms. The molecule has 1 heterocycles. The standard InChI is InChI=1S/C21H24N4O4S/c1-29-16-8-6-15(7-9-16)22-14-20(27)24-23-19(26)10-11-21(28)25-12-13-30-18-5-3-2-4-17(18)25/h2-9,22H,10-14H2,1H3,(H,23,26)(H,24,27). The molecule has 0 saturated heterocycles. The number of hydrogen-bond acceptors (Lipinski definition) is 6. The molecule has 158 valence electrons. The van der Waals surface area contributed by atoms with E-state index in [4.69, 9.17) is 4.74 Å². The Morgan fingerprint density at radius 1 is 1.00 bits per heavy atom. The van der Waals surface area contributed by atoms with Crippen molar-refractivity contribution in [3.8, 4) is 5.75 Å². The van der Waals surface area contributed by atoms with E-state index in [2.05, 4.69) is 16.2 Å². The number of nitrogens with zero attached hydrogens (tertiary/aromatic N) is 1. The van der Waals surface area contributed by atoms with Gasteiger partial charge in [-0.3, -0.25) is 25.2 Å². The first-order chi connectivity index (χ1) is 14.6. The van der Waals surface area contributed by atoms with E-state index in [-0.39, 0.29) is 25.3 Å². The van der Waals surface area contributed by atoms with Gasteiger partial charge >= 0.3 is 0 Å². The molecule has 3 rings (SSSR count). The molecule has 0 fully saturated rings. The number of hydrazine groups is 1. The number of carbonyl (C=O) groups is 3. The molecule has 2 aromatic carbocycles. The lowest BCUT2D eigenvalue weighted by atomic mass is 10.2. The first kappa shape index (κ1) is 21.5. The monoisotopic (exact) mass is 428 g/mol. The molecule has 1 aliphatic heterocycles. The number of methoxy groups -OCH3 is 1. The summed E-state index contributed by atoms with van der Waals surface area (Å²) in [5.41, 5.74) is 6.32. The van der Waals surface area contributed by atoms with Gasteiger partial charge < -0.3 is 15.0 Å². The van der Waals surface area contributed by atoms with Crippen molar-refractivity contribution in [3.63, 3.8) is 0 Å². The van der Waals surface area contributed by atoms with Crippen LogP contribution in [0.15, 0.2) is 53.4 Å². The molecular weight excluding hydrogens is 404 g/mol. The second kappa shape index (κ2) is 10.5. The Hall–Kier alpha value is -3.20. The molecule has 9 heteroatoms. The highest BCUT2D eigenvalue weighted by atomic mass is 32.2. The molecule has 8 nitrogen and oxygen atoms in total. The third-order valence-electron chi connectivity index (χ3n) is 4.48. The quantitative estimate of drug-likeness (QED) is 0.585.